The fraction of sp³-hybridized carbons (Fsp3) is 0.562. The third-order valence-corrected chi connectivity index (χ3v) is 3.27. The summed E-state index contributed by atoms with van der Waals surface area (Å²) in [6.45, 7) is 7.87. The summed E-state index contributed by atoms with van der Waals surface area (Å²) >= 11 is 5.90. The molecule has 0 radical (unpaired) electrons. The molecule has 1 atom stereocenters. The molecule has 1 N–H and O–H groups in total. The predicted octanol–water partition coefficient (Wildman–Crippen LogP) is 3.09. The fourth-order valence-electron chi connectivity index (χ4n) is 1.99. The lowest BCUT2D eigenvalue weighted by Crippen LogP contribution is -2.35. The summed E-state index contributed by atoms with van der Waals surface area (Å²) in [6, 6.07) is 1.71. The van der Waals surface area contributed by atoms with Crippen molar-refractivity contribution >= 4 is 23.4 Å². The van der Waals surface area contributed by atoms with Crippen molar-refractivity contribution in [2.75, 3.05) is 13.2 Å². The van der Waals surface area contributed by atoms with Gasteiger partial charge in [0, 0.05) is 18.7 Å². The first-order valence-corrected chi connectivity index (χ1v) is 8.04. The van der Waals surface area contributed by atoms with Crippen molar-refractivity contribution in [3.05, 3.63) is 23.0 Å². The van der Waals surface area contributed by atoms with Crippen LogP contribution in [-0.4, -0.2) is 41.6 Å². The van der Waals surface area contributed by atoms with E-state index in [0.29, 0.717) is 23.8 Å². The Kier molecular flexibility index (Phi) is 5.88. The maximum Gasteiger partial charge on any atom is 0.407 e. The molecule has 7 nitrogen and oxygen atoms in total. The topological polar surface area (TPSA) is 82.0 Å². The van der Waals surface area contributed by atoms with Gasteiger partial charge in [0.25, 0.3) is 0 Å². The highest BCUT2D eigenvalue weighted by atomic mass is 35.5. The Balaban J connectivity index is 1.73. The summed E-state index contributed by atoms with van der Waals surface area (Å²) in [7, 11) is 0. The zero-order valence-corrected chi connectivity index (χ0v) is 15.0. The lowest BCUT2D eigenvalue weighted by molar-refractivity contribution is 0.0467. The number of alkyl carbamates (subject to hydrolysis) is 1. The molecule has 0 aromatic carbocycles. The van der Waals surface area contributed by atoms with Crippen molar-refractivity contribution in [3.63, 3.8) is 0 Å². The van der Waals surface area contributed by atoms with Crippen LogP contribution >= 0.6 is 11.6 Å². The minimum Gasteiger partial charge on any atom is -0.488 e. The molecule has 1 aliphatic heterocycles. The molecule has 0 spiro atoms. The van der Waals surface area contributed by atoms with Crippen LogP contribution in [0.1, 0.15) is 32.9 Å². The third kappa shape index (κ3) is 5.88. The highest BCUT2D eigenvalue weighted by Crippen LogP contribution is 2.21. The molecule has 0 aliphatic carbocycles. The summed E-state index contributed by atoms with van der Waals surface area (Å²) in [5, 5.41) is 7.13. The van der Waals surface area contributed by atoms with Crippen molar-refractivity contribution in [2.45, 2.75) is 45.8 Å². The molecular weight excluding hydrogens is 334 g/mol. The summed E-state index contributed by atoms with van der Waals surface area (Å²) in [5.74, 6) is 0.617. The van der Waals surface area contributed by atoms with Crippen molar-refractivity contribution in [3.8, 4) is 5.75 Å². The highest BCUT2D eigenvalue weighted by Gasteiger charge is 2.23. The molecule has 0 bridgehead atoms. The number of aryl methyl sites for hydroxylation is 1. The molecule has 2 heterocycles. The molecule has 1 amide bonds. The first kappa shape index (κ1) is 18.3. The molecule has 1 aromatic heterocycles. The van der Waals surface area contributed by atoms with Gasteiger partial charge >= 0.3 is 6.09 Å². The van der Waals surface area contributed by atoms with Crippen LogP contribution in [0.2, 0.25) is 5.02 Å². The van der Waals surface area contributed by atoms with Gasteiger partial charge in [0.15, 0.2) is 6.10 Å². The number of carbonyl (C=O) groups excluding carboxylic acids is 1. The Morgan fingerprint density at radius 1 is 1.50 bits per heavy atom. The molecule has 2 rings (SSSR count). The molecule has 8 heteroatoms. The SMILES string of the molecule is Cc1ncc(Cl)cc1OCC1CC(CNC(=O)OC(C)(C)C)=NO1. The highest BCUT2D eigenvalue weighted by molar-refractivity contribution is 6.30. The largest absolute Gasteiger partial charge is 0.488 e. The third-order valence-electron chi connectivity index (χ3n) is 3.06. The quantitative estimate of drug-likeness (QED) is 0.877. The van der Waals surface area contributed by atoms with E-state index in [-0.39, 0.29) is 12.6 Å². The maximum absolute atomic E-state index is 11.6. The van der Waals surface area contributed by atoms with E-state index in [1.807, 2.05) is 27.7 Å². The number of carbonyl (C=O) groups is 1. The van der Waals surface area contributed by atoms with Gasteiger partial charge in [-0.25, -0.2) is 4.79 Å². The fourth-order valence-corrected chi connectivity index (χ4v) is 2.13. The number of nitrogens with zero attached hydrogens (tertiary/aromatic N) is 2. The van der Waals surface area contributed by atoms with Gasteiger partial charge in [0.05, 0.1) is 23.0 Å². The minimum absolute atomic E-state index is 0.209. The summed E-state index contributed by atoms with van der Waals surface area (Å²) in [4.78, 5) is 21.0. The van der Waals surface area contributed by atoms with E-state index in [4.69, 9.17) is 25.9 Å². The Hall–Kier alpha value is -2.02. The number of nitrogens with one attached hydrogen (secondary N) is 1. The molecule has 0 saturated carbocycles. The van der Waals surface area contributed by atoms with Gasteiger partial charge in [0.2, 0.25) is 0 Å². The first-order valence-electron chi connectivity index (χ1n) is 7.66. The number of amides is 1. The summed E-state index contributed by atoms with van der Waals surface area (Å²) in [6.07, 6.45) is 1.45. The smallest absolute Gasteiger partial charge is 0.407 e. The van der Waals surface area contributed by atoms with Gasteiger partial charge in [-0.2, -0.15) is 0 Å². The summed E-state index contributed by atoms with van der Waals surface area (Å²) < 4.78 is 10.8. The van der Waals surface area contributed by atoms with Gasteiger partial charge in [-0.1, -0.05) is 16.8 Å². The predicted molar refractivity (Wildman–Crippen MR) is 90.6 cm³/mol. The number of pyridine rings is 1. The number of aromatic nitrogens is 1. The lowest BCUT2D eigenvalue weighted by Gasteiger charge is -2.19. The number of rotatable bonds is 5. The standard InChI is InChI=1S/C16H22ClN3O4/c1-10-14(5-11(17)7-18-10)22-9-13-6-12(20-24-13)8-19-15(21)23-16(2,3)4/h5,7,13H,6,8-9H2,1-4H3,(H,19,21). The number of oxime groups is 1. The van der Waals surface area contributed by atoms with Crippen LogP contribution in [0.4, 0.5) is 4.79 Å². The van der Waals surface area contributed by atoms with Gasteiger partial charge in [-0.3, -0.25) is 4.98 Å². The van der Waals surface area contributed by atoms with Gasteiger partial charge in [0.1, 0.15) is 18.0 Å². The van der Waals surface area contributed by atoms with Gasteiger partial charge in [-0.15, -0.1) is 0 Å². The van der Waals surface area contributed by atoms with Crippen LogP contribution in [0.25, 0.3) is 0 Å². The Morgan fingerprint density at radius 2 is 2.25 bits per heavy atom. The molecular formula is C16H22ClN3O4. The molecule has 0 fully saturated rings. The number of hydrogen-bond acceptors (Lipinski definition) is 6. The maximum atomic E-state index is 11.6. The van der Waals surface area contributed by atoms with Crippen LogP contribution in [0.15, 0.2) is 17.4 Å². The van der Waals surface area contributed by atoms with E-state index in [1.165, 1.54) is 0 Å². The van der Waals surface area contributed by atoms with E-state index in [2.05, 4.69) is 15.5 Å². The van der Waals surface area contributed by atoms with Crippen molar-refractivity contribution in [1.29, 1.82) is 0 Å². The minimum atomic E-state index is -0.530. The monoisotopic (exact) mass is 355 g/mol. The van der Waals surface area contributed by atoms with Crippen LogP contribution in [0, 0.1) is 6.92 Å². The number of hydrogen-bond donors (Lipinski definition) is 1. The Bertz CT molecular complexity index is 628. The van der Waals surface area contributed by atoms with Crippen LogP contribution in [0.5, 0.6) is 5.75 Å². The van der Waals surface area contributed by atoms with E-state index < -0.39 is 11.7 Å². The van der Waals surface area contributed by atoms with Gasteiger partial charge in [-0.05, 0) is 27.7 Å². The van der Waals surface area contributed by atoms with E-state index >= 15 is 0 Å². The van der Waals surface area contributed by atoms with Crippen LogP contribution < -0.4 is 10.1 Å². The second kappa shape index (κ2) is 7.70. The lowest BCUT2D eigenvalue weighted by atomic mass is 10.2. The molecule has 24 heavy (non-hydrogen) atoms. The summed E-state index contributed by atoms with van der Waals surface area (Å²) in [5.41, 5.74) is 0.956. The Labute approximate surface area is 146 Å². The Morgan fingerprint density at radius 3 is 2.96 bits per heavy atom. The second-order valence-corrected chi connectivity index (χ2v) is 6.93. The second-order valence-electron chi connectivity index (χ2n) is 6.49. The normalized spacial score (nSPS) is 17.0. The zero-order valence-electron chi connectivity index (χ0n) is 14.3. The van der Waals surface area contributed by atoms with Crippen molar-refractivity contribution in [1.82, 2.24) is 10.3 Å². The number of ether oxygens (including phenoxy) is 2. The van der Waals surface area contributed by atoms with E-state index in [9.17, 15) is 4.79 Å². The van der Waals surface area contributed by atoms with Crippen LogP contribution in [-0.2, 0) is 9.57 Å². The molecule has 0 saturated heterocycles. The van der Waals surface area contributed by atoms with E-state index in [0.717, 1.165) is 11.4 Å². The molecule has 1 unspecified atom stereocenters. The molecule has 132 valence electrons. The van der Waals surface area contributed by atoms with Crippen LogP contribution in [0.3, 0.4) is 0 Å². The van der Waals surface area contributed by atoms with Gasteiger partial charge < -0.3 is 19.6 Å². The zero-order chi connectivity index (χ0) is 17.7. The van der Waals surface area contributed by atoms with E-state index in [1.54, 1.807) is 12.3 Å². The van der Waals surface area contributed by atoms with Crippen molar-refractivity contribution < 1.29 is 19.1 Å². The first-order chi connectivity index (χ1) is 11.2. The average molecular weight is 356 g/mol. The van der Waals surface area contributed by atoms with Crippen molar-refractivity contribution in [2.24, 2.45) is 5.16 Å². The number of halogens is 1. The molecule has 1 aliphatic rings. The molecule has 1 aromatic rings. The average Bonchev–Trinajstić information content (AvgIpc) is 2.92.